The molecule has 0 unspecified atom stereocenters. The van der Waals surface area contributed by atoms with Crippen LogP contribution >= 0.6 is 22.7 Å². The molecule has 9 heteroatoms. The zero-order valence-corrected chi connectivity index (χ0v) is 21.5. The Labute approximate surface area is 205 Å². The van der Waals surface area contributed by atoms with Gasteiger partial charge in [0.2, 0.25) is 0 Å². The highest BCUT2D eigenvalue weighted by Crippen LogP contribution is 2.38. The van der Waals surface area contributed by atoms with Crippen molar-refractivity contribution in [2.24, 2.45) is 4.99 Å². The lowest BCUT2D eigenvalue weighted by molar-refractivity contribution is -0.127. The molecule has 0 fully saturated rings. The first-order valence-corrected chi connectivity index (χ1v) is 12.7. The Bertz CT molecular complexity index is 1410. The van der Waals surface area contributed by atoms with Crippen molar-refractivity contribution in [1.82, 2.24) is 9.47 Å². The van der Waals surface area contributed by atoms with Crippen LogP contribution in [0.25, 0.3) is 6.08 Å². The van der Waals surface area contributed by atoms with E-state index in [1.165, 1.54) is 11.3 Å². The number of thiophene rings is 1. The minimum Gasteiger partial charge on any atom is -0.497 e. The molecular formula is C25H27N3O4S2. The van der Waals surface area contributed by atoms with E-state index in [9.17, 15) is 9.59 Å². The van der Waals surface area contributed by atoms with Crippen molar-refractivity contribution in [2.75, 3.05) is 27.3 Å². The summed E-state index contributed by atoms with van der Waals surface area (Å²) in [5.74, 6) is 1.03. The van der Waals surface area contributed by atoms with Crippen LogP contribution in [0.4, 0.5) is 0 Å². The van der Waals surface area contributed by atoms with E-state index in [4.69, 9.17) is 14.5 Å². The van der Waals surface area contributed by atoms with Crippen LogP contribution in [0, 0.1) is 0 Å². The van der Waals surface area contributed by atoms with Gasteiger partial charge in [-0.05, 0) is 56.5 Å². The van der Waals surface area contributed by atoms with Crippen LogP contribution in [0.1, 0.15) is 37.3 Å². The topological polar surface area (TPSA) is 73.1 Å². The number of ether oxygens (including phenoxy) is 2. The molecule has 0 spiro atoms. The molecule has 7 nitrogen and oxygen atoms in total. The number of hydrogen-bond donors (Lipinski definition) is 0. The highest BCUT2D eigenvalue weighted by atomic mass is 32.1. The summed E-state index contributed by atoms with van der Waals surface area (Å²) in [5, 5.41) is 1.97. The SMILES string of the molecule is CCN(CC)C(=O)C1=C(C)N=c2s/c(=C/c3cccs3)c(=O)n2[C@H]1c1cc(OC)ccc1OC. The highest BCUT2D eigenvalue weighted by Gasteiger charge is 2.36. The maximum atomic E-state index is 13.7. The number of carbonyl (C=O) groups is 1. The molecule has 1 aliphatic heterocycles. The van der Waals surface area contributed by atoms with Crippen LogP contribution in [0.2, 0.25) is 0 Å². The molecule has 178 valence electrons. The number of fused-ring (bicyclic) bond motifs is 1. The largest absolute Gasteiger partial charge is 0.497 e. The molecule has 2 aromatic heterocycles. The van der Waals surface area contributed by atoms with Crippen molar-refractivity contribution in [3.05, 3.63) is 77.1 Å². The minimum atomic E-state index is -0.695. The number of thiazole rings is 1. The fourth-order valence-electron chi connectivity index (χ4n) is 4.13. The van der Waals surface area contributed by atoms with Crippen LogP contribution < -0.4 is 24.4 Å². The number of aromatic nitrogens is 1. The highest BCUT2D eigenvalue weighted by molar-refractivity contribution is 7.11. The lowest BCUT2D eigenvalue weighted by Gasteiger charge is -2.30. The molecule has 0 bridgehead atoms. The minimum absolute atomic E-state index is 0.145. The molecule has 3 heterocycles. The predicted octanol–water partition coefficient (Wildman–Crippen LogP) is 3.18. The summed E-state index contributed by atoms with van der Waals surface area (Å²) in [5.41, 5.74) is 1.54. The molecule has 1 atom stereocenters. The van der Waals surface area contributed by atoms with Crippen molar-refractivity contribution in [1.29, 1.82) is 0 Å². The summed E-state index contributed by atoms with van der Waals surface area (Å²) < 4.78 is 13.3. The molecule has 1 aromatic carbocycles. The normalized spacial score (nSPS) is 15.7. The quantitative estimate of drug-likeness (QED) is 0.503. The van der Waals surface area contributed by atoms with E-state index >= 15 is 0 Å². The summed E-state index contributed by atoms with van der Waals surface area (Å²) in [6, 6.07) is 8.64. The zero-order valence-electron chi connectivity index (χ0n) is 19.8. The van der Waals surface area contributed by atoms with Crippen molar-refractivity contribution in [3.8, 4) is 11.5 Å². The molecule has 3 aromatic rings. The number of carbonyl (C=O) groups excluding carboxylic acids is 1. The summed E-state index contributed by atoms with van der Waals surface area (Å²) in [7, 11) is 3.16. The van der Waals surface area contributed by atoms with Gasteiger partial charge in [0, 0.05) is 23.5 Å². The lowest BCUT2D eigenvalue weighted by atomic mass is 9.93. The summed E-state index contributed by atoms with van der Waals surface area (Å²) in [4.78, 5) is 35.4. The van der Waals surface area contributed by atoms with E-state index in [0.717, 1.165) is 4.88 Å². The van der Waals surface area contributed by atoms with Gasteiger partial charge in [0.1, 0.15) is 17.5 Å². The second-order valence-electron chi connectivity index (χ2n) is 7.68. The standard InChI is InChI=1S/C25H27N3O4S2/c1-6-27(7-2)24(30)21-15(3)26-25-28(23(29)20(34-25)14-17-9-8-12-33-17)22(21)18-13-16(31-4)10-11-19(18)32-5/h8-14,22H,6-7H2,1-5H3/b20-14+/t22-/m0/s1. The van der Waals surface area contributed by atoms with Crippen LogP contribution in [0.3, 0.4) is 0 Å². The van der Waals surface area contributed by atoms with Gasteiger partial charge in [-0.25, -0.2) is 4.99 Å². The average Bonchev–Trinajstić information content (AvgIpc) is 3.46. The Morgan fingerprint density at radius 1 is 1.21 bits per heavy atom. The molecule has 4 rings (SSSR count). The summed E-state index contributed by atoms with van der Waals surface area (Å²) >= 11 is 2.88. The van der Waals surface area contributed by atoms with Crippen LogP contribution in [-0.4, -0.2) is 42.7 Å². The summed E-state index contributed by atoms with van der Waals surface area (Å²) in [6.07, 6.45) is 1.87. The van der Waals surface area contributed by atoms with E-state index in [1.807, 2.05) is 50.4 Å². The Morgan fingerprint density at radius 3 is 2.59 bits per heavy atom. The van der Waals surface area contributed by atoms with Gasteiger partial charge in [-0.3, -0.25) is 14.2 Å². The first-order valence-electron chi connectivity index (χ1n) is 11.0. The second kappa shape index (κ2) is 9.99. The van der Waals surface area contributed by atoms with Gasteiger partial charge in [-0.15, -0.1) is 11.3 Å². The van der Waals surface area contributed by atoms with Gasteiger partial charge in [0.15, 0.2) is 4.80 Å². The van der Waals surface area contributed by atoms with Crippen LogP contribution in [-0.2, 0) is 4.79 Å². The number of benzene rings is 1. The van der Waals surface area contributed by atoms with E-state index in [2.05, 4.69) is 0 Å². The molecule has 0 aliphatic carbocycles. The van der Waals surface area contributed by atoms with Gasteiger partial charge in [-0.2, -0.15) is 0 Å². The number of likely N-dealkylation sites (N-methyl/N-ethyl adjacent to an activating group) is 1. The first-order chi connectivity index (χ1) is 16.4. The summed E-state index contributed by atoms with van der Waals surface area (Å²) in [6.45, 7) is 6.81. The second-order valence-corrected chi connectivity index (χ2v) is 9.67. The maximum Gasteiger partial charge on any atom is 0.271 e. The fourth-order valence-corrected chi connectivity index (χ4v) is 5.90. The molecule has 0 saturated heterocycles. The van der Waals surface area contributed by atoms with Gasteiger partial charge >= 0.3 is 0 Å². The third kappa shape index (κ3) is 4.21. The number of nitrogens with zero attached hydrogens (tertiary/aromatic N) is 3. The Kier molecular flexibility index (Phi) is 7.04. The third-order valence-corrected chi connectivity index (χ3v) is 7.65. The number of hydrogen-bond acceptors (Lipinski definition) is 7. The van der Waals surface area contributed by atoms with E-state index in [-0.39, 0.29) is 11.5 Å². The van der Waals surface area contributed by atoms with Crippen molar-refractivity contribution < 1.29 is 14.3 Å². The third-order valence-electron chi connectivity index (χ3n) is 5.85. The number of amides is 1. The predicted molar refractivity (Wildman–Crippen MR) is 136 cm³/mol. The lowest BCUT2D eigenvalue weighted by Crippen LogP contribution is -2.43. The molecular weight excluding hydrogens is 470 g/mol. The van der Waals surface area contributed by atoms with Crippen LogP contribution in [0.5, 0.6) is 11.5 Å². The molecule has 0 N–H and O–H groups in total. The maximum absolute atomic E-state index is 13.7. The molecule has 1 amide bonds. The number of methoxy groups -OCH3 is 2. The first kappa shape index (κ1) is 24.0. The zero-order chi connectivity index (χ0) is 24.4. The van der Waals surface area contributed by atoms with Crippen molar-refractivity contribution >= 4 is 34.7 Å². The van der Waals surface area contributed by atoms with Gasteiger partial charge in [0.05, 0.1) is 30.0 Å². The Hall–Kier alpha value is -3.17. The monoisotopic (exact) mass is 497 g/mol. The Balaban J connectivity index is 2.04. The van der Waals surface area contributed by atoms with Gasteiger partial charge in [0.25, 0.3) is 11.5 Å². The average molecular weight is 498 g/mol. The van der Waals surface area contributed by atoms with E-state index in [0.29, 0.717) is 50.8 Å². The molecule has 0 radical (unpaired) electrons. The number of rotatable bonds is 7. The molecule has 34 heavy (non-hydrogen) atoms. The van der Waals surface area contributed by atoms with Gasteiger partial charge < -0.3 is 14.4 Å². The fraction of sp³-hybridized carbons (Fsp3) is 0.320. The van der Waals surface area contributed by atoms with E-state index in [1.54, 1.807) is 47.2 Å². The smallest absolute Gasteiger partial charge is 0.271 e. The van der Waals surface area contributed by atoms with E-state index < -0.39 is 6.04 Å². The van der Waals surface area contributed by atoms with Crippen molar-refractivity contribution in [2.45, 2.75) is 26.8 Å². The molecule has 0 saturated carbocycles. The van der Waals surface area contributed by atoms with Gasteiger partial charge in [-0.1, -0.05) is 17.4 Å². The number of allylic oxidation sites excluding steroid dienone is 1. The Morgan fingerprint density at radius 2 is 1.97 bits per heavy atom. The van der Waals surface area contributed by atoms with Crippen molar-refractivity contribution in [3.63, 3.8) is 0 Å². The molecule has 1 aliphatic rings. The van der Waals surface area contributed by atoms with Crippen LogP contribution in [0.15, 0.2) is 56.8 Å².